The van der Waals surface area contributed by atoms with Gasteiger partial charge in [-0.2, -0.15) is 5.10 Å². The van der Waals surface area contributed by atoms with Crippen molar-refractivity contribution in [3.63, 3.8) is 0 Å². The van der Waals surface area contributed by atoms with Crippen LogP contribution in [0.5, 0.6) is 0 Å². The SMILES string of the molecule is CCc1cc(CNCC(C)O)n(CC)n1. The number of hydrogen-bond donors (Lipinski definition) is 2. The Morgan fingerprint density at radius 3 is 2.80 bits per heavy atom. The van der Waals surface area contributed by atoms with Crippen molar-refractivity contribution in [3.8, 4) is 0 Å². The van der Waals surface area contributed by atoms with E-state index in [1.807, 2.05) is 4.68 Å². The lowest BCUT2D eigenvalue weighted by atomic mass is 10.3. The highest BCUT2D eigenvalue weighted by Gasteiger charge is 2.05. The third-order valence-electron chi connectivity index (χ3n) is 2.32. The summed E-state index contributed by atoms with van der Waals surface area (Å²) in [6.45, 7) is 8.26. The molecule has 0 saturated carbocycles. The summed E-state index contributed by atoms with van der Waals surface area (Å²) in [7, 11) is 0. The smallest absolute Gasteiger partial charge is 0.0636 e. The van der Waals surface area contributed by atoms with E-state index in [4.69, 9.17) is 5.11 Å². The first kappa shape index (κ1) is 12.2. The topological polar surface area (TPSA) is 50.1 Å². The molecule has 0 aromatic carbocycles. The molecule has 4 heteroatoms. The van der Waals surface area contributed by atoms with Crippen molar-refractivity contribution in [1.29, 1.82) is 0 Å². The van der Waals surface area contributed by atoms with Gasteiger partial charge in [0.2, 0.25) is 0 Å². The summed E-state index contributed by atoms with van der Waals surface area (Å²) in [5.74, 6) is 0. The van der Waals surface area contributed by atoms with Crippen molar-refractivity contribution in [2.24, 2.45) is 0 Å². The second-order valence-corrected chi connectivity index (χ2v) is 3.78. The molecule has 0 amide bonds. The van der Waals surface area contributed by atoms with Crippen LogP contribution in [0.1, 0.15) is 32.2 Å². The minimum absolute atomic E-state index is 0.298. The molecule has 86 valence electrons. The molecule has 0 aliphatic rings. The Morgan fingerprint density at radius 2 is 2.27 bits per heavy atom. The third-order valence-corrected chi connectivity index (χ3v) is 2.32. The fourth-order valence-corrected chi connectivity index (χ4v) is 1.51. The molecule has 0 saturated heterocycles. The lowest BCUT2D eigenvalue weighted by Gasteiger charge is -2.07. The second kappa shape index (κ2) is 5.88. The molecule has 1 aromatic heterocycles. The number of aliphatic hydroxyl groups excluding tert-OH is 1. The maximum atomic E-state index is 9.12. The molecule has 0 bridgehead atoms. The van der Waals surface area contributed by atoms with Gasteiger partial charge in [-0.3, -0.25) is 4.68 Å². The van der Waals surface area contributed by atoms with E-state index in [-0.39, 0.29) is 6.10 Å². The van der Waals surface area contributed by atoms with Crippen molar-refractivity contribution in [1.82, 2.24) is 15.1 Å². The molecule has 1 rings (SSSR count). The summed E-state index contributed by atoms with van der Waals surface area (Å²) >= 11 is 0. The van der Waals surface area contributed by atoms with Crippen LogP contribution in [0.15, 0.2) is 6.07 Å². The van der Waals surface area contributed by atoms with Crippen LogP contribution in [0.2, 0.25) is 0 Å². The van der Waals surface area contributed by atoms with Crippen LogP contribution in [0.4, 0.5) is 0 Å². The van der Waals surface area contributed by atoms with Crippen molar-refractivity contribution < 1.29 is 5.11 Å². The molecule has 1 aromatic rings. The Kier molecular flexibility index (Phi) is 4.78. The van der Waals surface area contributed by atoms with E-state index >= 15 is 0 Å². The van der Waals surface area contributed by atoms with Gasteiger partial charge in [0.1, 0.15) is 0 Å². The number of nitrogens with one attached hydrogen (secondary N) is 1. The van der Waals surface area contributed by atoms with E-state index < -0.39 is 0 Å². The van der Waals surface area contributed by atoms with Crippen LogP contribution in [-0.4, -0.2) is 27.5 Å². The standard InChI is InChI=1S/C11H21N3O/c1-4-10-6-11(14(5-2)13-10)8-12-7-9(3)15/h6,9,12,15H,4-5,7-8H2,1-3H3. The lowest BCUT2D eigenvalue weighted by Crippen LogP contribution is -2.25. The molecule has 15 heavy (non-hydrogen) atoms. The van der Waals surface area contributed by atoms with E-state index in [1.54, 1.807) is 6.92 Å². The van der Waals surface area contributed by atoms with E-state index in [9.17, 15) is 0 Å². The van der Waals surface area contributed by atoms with E-state index in [0.29, 0.717) is 6.54 Å². The molecule has 0 aliphatic carbocycles. The Hall–Kier alpha value is -0.870. The summed E-state index contributed by atoms with van der Waals surface area (Å²) in [5, 5.41) is 16.8. The zero-order valence-electron chi connectivity index (χ0n) is 9.82. The summed E-state index contributed by atoms with van der Waals surface area (Å²) in [6, 6.07) is 2.12. The Labute approximate surface area is 91.3 Å². The minimum atomic E-state index is -0.298. The largest absolute Gasteiger partial charge is 0.392 e. The Balaban J connectivity index is 2.54. The fourth-order valence-electron chi connectivity index (χ4n) is 1.51. The number of rotatable bonds is 6. The van der Waals surface area contributed by atoms with Crippen LogP contribution >= 0.6 is 0 Å². The average Bonchev–Trinajstić information content (AvgIpc) is 2.60. The number of hydrogen-bond acceptors (Lipinski definition) is 3. The highest BCUT2D eigenvalue weighted by atomic mass is 16.3. The first-order chi connectivity index (χ1) is 7.17. The van der Waals surface area contributed by atoms with Crippen LogP contribution in [0.25, 0.3) is 0 Å². The summed E-state index contributed by atoms with van der Waals surface area (Å²) in [6.07, 6.45) is 0.671. The molecular formula is C11H21N3O. The first-order valence-electron chi connectivity index (χ1n) is 5.61. The molecule has 2 N–H and O–H groups in total. The van der Waals surface area contributed by atoms with Gasteiger partial charge < -0.3 is 10.4 Å². The highest BCUT2D eigenvalue weighted by Crippen LogP contribution is 2.05. The first-order valence-corrected chi connectivity index (χ1v) is 5.61. The highest BCUT2D eigenvalue weighted by molar-refractivity contribution is 5.10. The van der Waals surface area contributed by atoms with Crippen molar-refractivity contribution >= 4 is 0 Å². The third kappa shape index (κ3) is 3.64. The predicted octanol–water partition coefficient (Wildman–Crippen LogP) is 0.936. The molecule has 0 aliphatic heterocycles. The number of aliphatic hydroxyl groups is 1. The summed E-state index contributed by atoms with van der Waals surface area (Å²) < 4.78 is 2.01. The van der Waals surface area contributed by atoms with E-state index in [1.165, 1.54) is 5.69 Å². The van der Waals surface area contributed by atoms with Gasteiger partial charge in [0.25, 0.3) is 0 Å². The predicted molar refractivity (Wildman–Crippen MR) is 60.7 cm³/mol. The second-order valence-electron chi connectivity index (χ2n) is 3.78. The van der Waals surface area contributed by atoms with Gasteiger partial charge in [-0.25, -0.2) is 0 Å². The molecule has 0 radical (unpaired) electrons. The van der Waals surface area contributed by atoms with E-state index in [0.717, 1.165) is 25.2 Å². The van der Waals surface area contributed by atoms with Gasteiger partial charge in [-0.1, -0.05) is 6.92 Å². The fraction of sp³-hybridized carbons (Fsp3) is 0.727. The number of aryl methyl sites for hydroxylation is 2. The van der Waals surface area contributed by atoms with Crippen LogP contribution in [0.3, 0.4) is 0 Å². The quantitative estimate of drug-likeness (QED) is 0.736. The Morgan fingerprint density at radius 1 is 1.53 bits per heavy atom. The monoisotopic (exact) mass is 211 g/mol. The molecule has 0 fully saturated rings. The summed E-state index contributed by atoms with van der Waals surface area (Å²) in [4.78, 5) is 0. The van der Waals surface area contributed by atoms with Crippen molar-refractivity contribution in [2.45, 2.75) is 46.4 Å². The van der Waals surface area contributed by atoms with Gasteiger partial charge in [-0.15, -0.1) is 0 Å². The summed E-state index contributed by atoms with van der Waals surface area (Å²) in [5.41, 5.74) is 2.32. The molecule has 0 spiro atoms. The zero-order chi connectivity index (χ0) is 11.3. The lowest BCUT2D eigenvalue weighted by molar-refractivity contribution is 0.190. The number of nitrogens with zero attached hydrogens (tertiary/aromatic N) is 2. The maximum absolute atomic E-state index is 9.12. The number of aromatic nitrogens is 2. The van der Waals surface area contributed by atoms with Crippen LogP contribution in [0, 0.1) is 0 Å². The molecule has 1 unspecified atom stereocenters. The maximum Gasteiger partial charge on any atom is 0.0636 e. The normalized spacial score (nSPS) is 13.1. The van der Waals surface area contributed by atoms with Gasteiger partial charge >= 0.3 is 0 Å². The van der Waals surface area contributed by atoms with Crippen LogP contribution < -0.4 is 5.32 Å². The van der Waals surface area contributed by atoms with Gasteiger partial charge in [0, 0.05) is 19.6 Å². The average molecular weight is 211 g/mol. The van der Waals surface area contributed by atoms with Crippen molar-refractivity contribution in [2.75, 3.05) is 6.54 Å². The molecular weight excluding hydrogens is 190 g/mol. The molecule has 4 nitrogen and oxygen atoms in total. The molecule has 1 heterocycles. The Bertz CT molecular complexity index is 294. The van der Waals surface area contributed by atoms with Crippen LogP contribution in [-0.2, 0) is 19.5 Å². The van der Waals surface area contributed by atoms with Crippen molar-refractivity contribution in [3.05, 3.63) is 17.5 Å². The minimum Gasteiger partial charge on any atom is -0.392 e. The van der Waals surface area contributed by atoms with E-state index in [2.05, 4.69) is 30.3 Å². The molecule has 1 atom stereocenters. The van der Waals surface area contributed by atoms with Gasteiger partial charge in [0.15, 0.2) is 0 Å². The zero-order valence-corrected chi connectivity index (χ0v) is 9.82. The van der Waals surface area contributed by atoms with Gasteiger partial charge in [0.05, 0.1) is 17.5 Å². The van der Waals surface area contributed by atoms with Gasteiger partial charge in [-0.05, 0) is 26.3 Å².